The number of rotatable bonds is 1. The number of hydrogen-bond donors (Lipinski definition) is 1. The molecule has 1 aliphatic heterocycles. The molecule has 0 radical (unpaired) electrons. The highest BCUT2D eigenvalue weighted by Crippen LogP contribution is 2.22. The summed E-state index contributed by atoms with van der Waals surface area (Å²) < 4.78 is 0. The predicted molar refractivity (Wildman–Crippen MR) is 43.5 cm³/mol. The van der Waals surface area contributed by atoms with E-state index in [0.717, 1.165) is 13.0 Å². The molecule has 0 fully saturated rings. The van der Waals surface area contributed by atoms with Crippen LogP contribution in [-0.4, -0.2) is 12.3 Å². The lowest BCUT2D eigenvalue weighted by Gasteiger charge is -2.17. The second-order valence-corrected chi connectivity index (χ2v) is 3.47. The molecule has 0 amide bonds. The summed E-state index contributed by atoms with van der Waals surface area (Å²) in [4.78, 5) is 1.48. The van der Waals surface area contributed by atoms with Crippen LogP contribution in [0.5, 0.6) is 0 Å². The number of nitrogens with one attached hydrogen (secondary N) is 1. The Morgan fingerprint density at radius 1 is 1.67 bits per heavy atom. The first kappa shape index (κ1) is 7.00. The van der Waals surface area contributed by atoms with Gasteiger partial charge in [0, 0.05) is 22.9 Å². The summed E-state index contributed by atoms with van der Waals surface area (Å²) in [6, 6.07) is 0. The molecule has 52 valence electrons. The predicted octanol–water partition coefficient (Wildman–Crippen LogP) is 1.96. The van der Waals surface area contributed by atoms with E-state index in [1.54, 1.807) is 0 Å². The summed E-state index contributed by atoms with van der Waals surface area (Å²) in [7, 11) is 0. The van der Waals surface area contributed by atoms with E-state index in [1.165, 1.54) is 16.4 Å². The summed E-state index contributed by atoms with van der Waals surface area (Å²) >= 11 is 1.97. The summed E-state index contributed by atoms with van der Waals surface area (Å²) in [6.07, 6.45) is 1.15. The van der Waals surface area contributed by atoms with Gasteiger partial charge in [-0.3, -0.25) is 0 Å². The lowest BCUT2D eigenvalue weighted by Crippen LogP contribution is -2.20. The zero-order chi connectivity index (χ0) is 6.69. The van der Waals surface area contributed by atoms with Crippen LogP contribution in [-0.2, 0) is 0 Å². The van der Waals surface area contributed by atoms with Crippen LogP contribution in [0.25, 0.3) is 0 Å². The van der Waals surface area contributed by atoms with Gasteiger partial charge < -0.3 is 5.32 Å². The van der Waals surface area contributed by atoms with Gasteiger partial charge in [0.1, 0.15) is 0 Å². The molecule has 1 N–H and O–H groups in total. The van der Waals surface area contributed by atoms with Crippen molar-refractivity contribution in [1.82, 2.24) is 5.32 Å². The van der Waals surface area contributed by atoms with Gasteiger partial charge in [0.15, 0.2) is 0 Å². The third kappa shape index (κ3) is 1.65. The maximum atomic E-state index is 3.38. The molecule has 2 heteroatoms. The van der Waals surface area contributed by atoms with Crippen molar-refractivity contribution < 1.29 is 0 Å². The van der Waals surface area contributed by atoms with Gasteiger partial charge in [0.25, 0.3) is 0 Å². The molecule has 1 aliphatic rings. The normalized spacial score (nSPS) is 19.8. The van der Waals surface area contributed by atoms with Crippen LogP contribution in [0, 0.1) is 0 Å². The lowest BCUT2D eigenvalue weighted by atomic mass is 10.3. The molecule has 0 unspecified atom stereocenters. The van der Waals surface area contributed by atoms with Gasteiger partial charge in [0.05, 0.1) is 0 Å². The average molecular weight is 143 g/mol. The summed E-state index contributed by atoms with van der Waals surface area (Å²) in [5.41, 5.74) is 1.44. The van der Waals surface area contributed by atoms with Crippen LogP contribution in [0.1, 0.15) is 20.3 Å². The molecule has 0 aromatic heterocycles. The smallest absolute Gasteiger partial charge is 0.0238 e. The van der Waals surface area contributed by atoms with Gasteiger partial charge in [-0.1, -0.05) is 6.92 Å². The highest BCUT2D eigenvalue weighted by Gasteiger charge is 2.05. The minimum Gasteiger partial charge on any atom is -0.387 e. The molecule has 1 heterocycles. The minimum atomic E-state index is 1.14. The minimum absolute atomic E-state index is 1.14. The van der Waals surface area contributed by atoms with Crippen molar-refractivity contribution in [2.75, 3.05) is 12.3 Å². The fraction of sp³-hybridized carbons (Fsp3) is 0.714. The number of allylic oxidation sites excluding steroid dienone is 2. The van der Waals surface area contributed by atoms with Crippen LogP contribution in [0.4, 0.5) is 0 Å². The molecular weight excluding hydrogens is 130 g/mol. The van der Waals surface area contributed by atoms with Gasteiger partial charge in [0.2, 0.25) is 0 Å². The van der Waals surface area contributed by atoms with Gasteiger partial charge in [-0.2, -0.15) is 0 Å². The second-order valence-electron chi connectivity index (χ2n) is 2.16. The van der Waals surface area contributed by atoms with E-state index < -0.39 is 0 Å². The average Bonchev–Trinajstić information content (AvgIpc) is 1.89. The van der Waals surface area contributed by atoms with Gasteiger partial charge in [-0.25, -0.2) is 0 Å². The fourth-order valence-electron chi connectivity index (χ4n) is 0.992. The van der Waals surface area contributed by atoms with E-state index in [2.05, 4.69) is 19.2 Å². The molecule has 0 atom stereocenters. The van der Waals surface area contributed by atoms with Gasteiger partial charge in [-0.15, -0.1) is 11.8 Å². The molecule has 0 aliphatic carbocycles. The van der Waals surface area contributed by atoms with E-state index in [1.807, 2.05) is 11.8 Å². The van der Waals surface area contributed by atoms with Crippen LogP contribution in [0.2, 0.25) is 0 Å². The molecule has 0 saturated carbocycles. The molecule has 0 spiro atoms. The zero-order valence-corrected chi connectivity index (χ0v) is 6.85. The summed E-state index contributed by atoms with van der Waals surface area (Å²) in [5, 5.41) is 3.38. The summed E-state index contributed by atoms with van der Waals surface area (Å²) in [6.45, 7) is 5.53. The Labute approximate surface area is 60.9 Å². The van der Waals surface area contributed by atoms with Crippen LogP contribution < -0.4 is 5.32 Å². The highest BCUT2D eigenvalue weighted by molar-refractivity contribution is 8.03. The van der Waals surface area contributed by atoms with Crippen molar-refractivity contribution in [1.29, 1.82) is 0 Å². The number of thioether (sulfide) groups is 1. The quantitative estimate of drug-likeness (QED) is 0.602. The maximum Gasteiger partial charge on any atom is 0.0238 e. The van der Waals surface area contributed by atoms with E-state index in [-0.39, 0.29) is 0 Å². The van der Waals surface area contributed by atoms with Crippen molar-refractivity contribution in [3.8, 4) is 0 Å². The van der Waals surface area contributed by atoms with E-state index in [4.69, 9.17) is 0 Å². The van der Waals surface area contributed by atoms with Crippen LogP contribution in [0.3, 0.4) is 0 Å². The number of hydrogen-bond acceptors (Lipinski definition) is 2. The second kappa shape index (κ2) is 3.16. The molecular formula is C7H13NS. The van der Waals surface area contributed by atoms with E-state index in [9.17, 15) is 0 Å². The van der Waals surface area contributed by atoms with Gasteiger partial charge >= 0.3 is 0 Å². The van der Waals surface area contributed by atoms with E-state index in [0.29, 0.717) is 0 Å². The summed E-state index contributed by atoms with van der Waals surface area (Å²) in [5.74, 6) is 1.23. The van der Waals surface area contributed by atoms with Crippen molar-refractivity contribution in [2.24, 2.45) is 0 Å². The Kier molecular flexibility index (Phi) is 2.46. The Morgan fingerprint density at radius 2 is 2.44 bits per heavy atom. The lowest BCUT2D eigenvalue weighted by molar-refractivity contribution is 0.797. The largest absolute Gasteiger partial charge is 0.387 e. The van der Waals surface area contributed by atoms with Crippen molar-refractivity contribution in [2.45, 2.75) is 20.3 Å². The topological polar surface area (TPSA) is 12.0 Å². The Hall–Kier alpha value is -0.110. The standard InChI is InChI=1S/C7H13NS/c1-3-7-6(2)9-5-4-8-7/h8H,3-5H2,1-2H3. The molecule has 0 saturated heterocycles. The van der Waals surface area contributed by atoms with Crippen LogP contribution >= 0.6 is 11.8 Å². The molecule has 9 heavy (non-hydrogen) atoms. The van der Waals surface area contributed by atoms with E-state index >= 15 is 0 Å². The first-order chi connectivity index (χ1) is 4.34. The van der Waals surface area contributed by atoms with Gasteiger partial charge in [-0.05, 0) is 13.3 Å². The molecule has 0 aromatic carbocycles. The third-order valence-corrected chi connectivity index (χ3v) is 2.63. The monoisotopic (exact) mass is 143 g/mol. The van der Waals surface area contributed by atoms with Crippen LogP contribution in [0.15, 0.2) is 10.6 Å². The Morgan fingerprint density at radius 3 is 2.89 bits per heavy atom. The van der Waals surface area contributed by atoms with Crippen molar-refractivity contribution in [3.63, 3.8) is 0 Å². The highest BCUT2D eigenvalue weighted by atomic mass is 32.2. The molecule has 1 rings (SSSR count). The first-order valence-electron chi connectivity index (χ1n) is 3.41. The zero-order valence-electron chi connectivity index (χ0n) is 6.03. The molecule has 1 nitrogen and oxygen atoms in total. The van der Waals surface area contributed by atoms with Crippen molar-refractivity contribution >= 4 is 11.8 Å². The fourth-order valence-corrected chi connectivity index (χ4v) is 1.89. The third-order valence-electron chi connectivity index (χ3n) is 1.54. The Bertz CT molecular complexity index is 129. The van der Waals surface area contributed by atoms with Crippen molar-refractivity contribution in [3.05, 3.63) is 10.6 Å². The first-order valence-corrected chi connectivity index (χ1v) is 4.39. The maximum absolute atomic E-state index is 3.38. The molecule has 0 aromatic rings. The SMILES string of the molecule is CCC1=C(C)SCCN1. The molecule has 0 bridgehead atoms. The Balaban J connectivity index is 2.59.